The molecule has 26 heavy (non-hydrogen) atoms. The maximum absolute atomic E-state index is 12.1. The Kier molecular flexibility index (Phi) is 5.08. The summed E-state index contributed by atoms with van der Waals surface area (Å²) in [4.78, 5) is 25.2. The fraction of sp³-hybridized carbons (Fsp3) is 0.278. The predicted molar refractivity (Wildman–Crippen MR) is 94.1 cm³/mol. The van der Waals surface area contributed by atoms with Crippen LogP contribution in [0.25, 0.3) is 0 Å². The van der Waals surface area contributed by atoms with Gasteiger partial charge in [-0.05, 0) is 24.3 Å². The molecule has 0 unspecified atom stereocenters. The summed E-state index contributed by atoms with van der Waals surface area (Å²) >= 11 is 0. The number of rotatable bonds is 4. The Morgan fingerprint density at radius 2 is 2.15 bits per heavy atom. The molecule has 134 valence electrons. The lowest BCUT2D eigenvalue weighted by molar-refractivity contribution is 0.0955. The zero-order chi connectivity index (χ0) is 18.5. The monoisotopic (exact) mass is 354 g/mol. The first-order valence-electron chi connectivity index (χ1n) is 7.97. The molecule has 0 bridgehead atoms. The lowest BCUT2D eigenvalue weighted by Crippen LogP contribution is -2.23. The average Bonchev–Trinajstić information content (AvgIpc) is 3.24. The maximum atomic E-state index is 12.1. The highest BCUT2D eigenvalue weighted by molar-refractivity contribution is 5.96. The van der Waals surface area contributed by atoms with Gasteiger partial charge >= 0.3 is 6.09 Å². The minimum absolute atomic E-state index is 0.192. The molecule has 0 atom stereocenters. The van der Waals surface area contributed by atoms with Crippen LogP contribution in [0, 0.1) is 11.8 Å². The van der Waals surface area contributed by atoms with Gasteiger partial charge in [-0.15, -0.1) is 5.10 Å². The van der Waals surface area contributed by atoms with Crippen molar-refractivity contribution in [1.82, 2.24) is 15.1 Å². The van der Waals surface area contributed by atoms with E-state index in [4.69, 9.17) is 9.47 Å². The summed E-state index contributed by atoms with van der Waals surface area (Å²) in [6.45, 7) is 1.15. The van der Waals surface area contributed by atoms with Crippen molar-refractivity contribution >= 4 is 17.7 Å². The molecule has 0 aliphatic carbocycles. The topological polar surface area (TPSA) is 85.7 Å². The molecule has 0 spiro atoms. The molecule has 3 rings (SSSR count). The van der Waals surface area contributed by atoms with Crippen molar-refractivity contribution in [3.05, 3.63) is 41.6 Å². The first kappa shape index (κ1) is 17.4. The van der Waals surface area contributed by atoms with Crippen LogP contribution in [-0.4, -0.2) is 48.6 Å². The van der Waals surface area contributed by atoms with Gasteiger partial charge in [0, 0.05) is 24.5 Å². The summed E-state index contributed by atoms with van der Waals surface area (Å²) in [6.07, 6.45) is 1.25. The van der Waals surface area contributed by atoms with Gasteiger partial charge in [-0.2, -0.15) is 0 Å². The predicted octanol–water partition coefficient (Wildman–Crippen LogP) is 1.17. The molecular weight excluding hydrogens is 336 g/mol. The number of hydrogen-bond acceptors (Lipinski definition) is 5. The van der Waals surface area contributed by atoms with Gasteiger partial charge in [0.05, 0.1) is 20.2 Å². The minimum Gasteiger partial charge on any atom is -0.479 e. The second-order valence-electron chi connectivity index (χ2n) is 5.52. The third kappa shape index (κ3) is 3.78. The molecule has 2 aromatic rings. The molecule has 2 amide bonds. The van der Waals surface area contributed by atoms with Crippen LogP contribution in [0.2, 0.25) is 0 Å². The molecular formula is C18H18N4O4. The van der Waals surface area contributed by atoms with E-state index in [0.29, 0.717) is 18.7 Å². The Hall–Kier alpha value is -3.47. The smallest absolute Gasteiger partial charge is 0.414 e. The Bertz CT molecular complexity index is 877. The number of anilines is 1. The van der Waals surface area contributed by atoms with E-state index in [9.17, 15) is 9.59 Å². The fourth-order valence-corrected chi connectivity index (χ4v) is 2.49. The zero-order valence-electron chi connectivity index (χ0n) is 14.5. The summed E-state index contributed by atoms with van der Waals surface area (Å²) in [7, 11) is 3.18. The zero-order valence-corrected chi connectivity index (χ0v) is 14.5. The van der Waals surface area contributed by atoms with E-state index in [1.807, 2.05) is 24.3 Å². The van der Waals surface area contributed by atoms with E-state index in [0.717, 1.165) is 11.3 Å². The standard InChI is InChI=1S/C18H18N4O4/c1-21-12-15(17(20-21)25-2)16(23)19-9-3-4-13-5-7-14(8-6-13)22-10-11-26-18(22)24/h5-8,12H,9-11H2,1-2H3,(H,19,23). The van der Waals surface area contributed by atoms with E-state index in [1.165, 1.54) is 11.8 Å². The summed E-state index contributed by atoms with van der Waals surface area (Å²) < 4.78 is 11.5. The number of amides is 2. The molecule has 1 aromatic heterocycles. The first-order chi connectivity index (χ1) is 12.6. The number of carbonyl (C=O) groups is 2. The highest BCUT2D eigenvalue weighted by Gasteiger charge is 2.23. The number of aryl methyl sites for hydroxylation is 1. The van der Waals surface area contributed by atoms with Gasteiger partial charge < -0.3 is 14.8 Å². The maximum Gasteiger partial charge on any atom is 0.414 e. The summed E-state index contributed by atoms with van der Waals surface area (Å²) in [5, 5.41) is 6.74. The molecule has 0 radical (unpaired) electrons. The largest absolute Gasteiger partial charge is 0.479 e. The molecule has 8 nitrogen and oxygen atoms in total. The molecule has 1 aromatic carbocycles. The van der Waals surface area contributed by atoms with Gasteiger partial charge in [-0.1, -0.05) is 11.8 Å². The van der Waals surface area contributed by atoms with E-state index in [-0.39, 0.29) is 24.4 Å². The highest BCUT2D eigenvalue weighted by Crippen LogP contribution is 2.18. The van der Waals surface area contributed by atoms with Crippen molar-refractivity contribution in [2.24, 2.45) is 7.05 Å². The molecule has 1 aliphatic heterocycles. The Morgan fingerprint density at radius 3 is 2.81 bits per heavy atom. The van der Waals surface area contributed by atoms with E-state index in [1.54, 1.807) is 18.1 Å². The van der Waals surface area contributed by atoms with Crippen LogP contribution in [0.15, 0.2) is 30.5 Å². The average molecular weight is 354 g/mol. The van der Waals surface area contributed by atoms with Crippen LogP contribution >= 0.6 is 0 Å². The lowest BCUT2D eigenvalue weighted by Gasteiger charge is -2.11. The van der Waals surface area contributed by atoms with Gasteiger partial charge in [0.15, 0.2) is 0 Å². The van der Waals surface area contributed by atoms with Crippen molar-refractivity contribution in [2.45, 2.75) is 0 Å². The van der Waals surface area contributed by atoms with Crippen LogP contribution in [0.4, 0.5) is 10.5 Å². The molecule has 0 saturated carbocycles. The number of benzene rings is 1. The number of ether oxygens (including phenoxy) is 2. The summed E-state index contributed by atoms with van der Waals surface area (Å²) in [5.74, 6) is 5.83. The molecule has 2 heterocycles. The van der Waals surface area contributed by atoms with Crippen LogP contribution < -0.4 is 15.0 Å². The highest BCUT2D eigenvalue weighted by atomic mass is 16.6. The molecule has 8 heteroatoms. The third-order valence-electron chi connectivity index (χ3n) is 3.74. The number of aromatic nitrogens is 2. The quantitative estimate of drug-likeness (QED) is 0.833. The van der Waals surface area contributed by atoms with Crippen LogP contribution in [0.5, 0.6) is 5.88 Å². The van der Waals surface area contributed by atoms with Crippen molar-refractivity contribution in [3.8, 4) is 17.7 Å². The van der Waals surface area contributed by atoms with Gasteiger partial charge in [0.25, 0.3) is 5.91 Å². The number of methoxy groups -OCH3 is 1. The van der Waals surface area contributed by atoms with Gasteiger partial charge in [-0.25, -0.2) is 4.79 Å². The first-order valence-corrected chi connectivity index (χ1v) is 7.97. The van der Waals surface area contributed by atoms with Crippen molar-refractivity contribution in [1.29, 1.82) is 0 Å². The van der Waals surface area contributed by atoms with Crippen LogP contribution in [0.3, 0.4) is 0 Å². The van der Waals surface area contributed by atoms with E-state index >= 15 is 0 Å². The lowest BCUT2D eigenvalue weighted by atomic mass is 10.2. The van der Waals surface area contributed by atoms with Gasteiger partial charge in [0.1, 0.15) is 12.2 Å². The van der Waals surface area contributed by atoms with Gasteiger partial charge in [0.2, 0.25) is 5.88 Å². The van der Waals surface area contributed by atoms with Gasteiger partial charge in [-0.3, -0.25) is 14.4 Å². The second kappa shape index (κ2) is 7.61. The third-order valence-corrected chi connectivity index (χ3v) is 3.74. The Balaban J connectivity index is 1.56. The second-order valence-corrected chi connectivity index (χ2v) is 5.52. The van der Waals surface area contributed by atoms with Crippen LogP contribution in [0.1, 0.15) is 15.9 Å². The Morgan fingerprint density at radius 1 is 1.38 bits per heavy atom. The van der Waals surface area contributed by atoms with Crippen molar-refractivity contribution in [3.63, 3.8) is 0 Å². The SMILES string of the molecule is COc1nn(C)cc1C(=O)NCC#Cc1ccc(N2CCOC2=O)cc1. The Labute approximate surface area is 150 Å². The number of nitrogens with one attached hydrogen (secondary N) is 1. The number of carbonyl (C=O) groups excluding carboxylic acids is 2. The molecule has 1 aliphatic rings. The van der Waals surface area contributed by atoms with Crippen LogP contribution in [-0.2, 0) is 11.8 Å². The number of nitrogens with zero attached hydrogens (tertiary/aromatic N) is 3. The normalized spacial score (nSPS) is 13.0. The summed E-state index contributed by atoms with van der Waals surface area (Å²) in [5.41, 5.74) is 1.92. The minimum atomic E-state index is -0.336. The van der Waals surface area contributed by atoms with E-state index in [2.05, 4.69) is 22.3 Å². The van der Waals surface area contributed by atoms with Crippen molar-refractivity contribution < 1.29 is 19.1 Å². The number of cyclic esters (lactones) is 1. The molecule has 1 fully saturated rings. The molecule has 1 saturated heterocycles. The van der Waals surface area contributed by atoms with E-state index < -0.39 is 0 Å². The summed E-state index contributed by atoms with van der Waals surface area (Å²) in [6, 6.07) is 7.27. The molecule has 1 N–H and O–H groups in total. The number of hydrogen-bond donors (Lipinski definition) is 1. The fourth-order valence-electron chi connectivity index (χ4n) is 2.49. The van der Waals surface area contributed by atoms with Crippen molar-refractivity contribution in [2.75, 3.05) is 31.7 Å².